The normalized spacial score (nSPS) is 14.4. The predicted octanol–water partition coefficient (Wildman–Crippen LogP) is 4.64. The summed E-state index contributed by atoms with van der Waals surface area (Å²) in [5.74, 6) is -0.682. The quantitative estimate of drug-likeness (QED) is 0.447. The van der Waals surface area contributed by atoms with Gasteiger partial charge in [-0.15, -0.1) is 0 Å². The molecule has 0 bridgehead atoms. The van der Waals surface area contributed by atoms with Crippen molar-refractivity contribution >= 4 is 33.2 Å². The second kappa shape index (κ2) is 11.0. The van der Waals surface area contributed by atoms with Crippen LogP contribution >= 0.6 is 11.6 Å². The molecule has 1 aliphatic rings. The zero-order valence-electron chi connectivity index (χ0n) is 20.3. The Morgan fingerprint density at radius 1 is 0.944 bits per heavy atom. The molecule has 0 saturated carbocycles. The Morgan fingerprint density at radius 3 is 2.22 bits per heavy atom. The second-order valence-corrected chi connectivity index (χ2v) is 11.3. The minimum absolute atomic E-state index is 0.0431. The molecular weight excluding hydrogens is 501 g/mol. The van der Waals surface area contributed by atoms with Crippen LogP contribution in [0.5, 0.6) is 0 Å². The number of nitrogens with zero attached hydrogens (tertiary/aromatic N) is 3. The van der Waals surface area contributed by atoms with Crippen molar-refractivity contribution in [3.05, 3.63) is 94.3 Å². The highest BCUT2D eigenvalue weighted by Gasteiger charge is 2.30. The lowest BCUT2D eigenvalue weighted by Crippen LogP contribution is -2.52. The SMILES string of the molecule is Cc1cccc(N2CCN(C(=O)CN(Cc3ccc(F)cc3)S(=O)(=O)c3ccc(Cl)cc3)CC2)c1C. The van der Waals surface area contributed by atoms with Crippen molar-refractivity contribution in [1.82, 2.24) is 9.21 Å². The van der Waals surface area contributed by atoms with Gasteiger partial charge in [-0.25, -0.2) is 12.8 Å². The van der Waals surface area contributed by atoms with E-state index in [9.17, 15) is 17.6 Å². The molecule has 1 aliphatic heterocycles. The van der Waals surface area contributed by atoms with E-state index in [2.05, 4.69) is 30.9 Å². The maximum absolute atomic E-state index is 13.5. The van der Waals surface area contributed by atoms with Gasteiger partial charge >= 0.3 is 0 Å². The third-order valence-corrected chi connectivity index (χ3v) is 8.64. The number of carbonyl (C=O) groups excluding carboxylic acids is 1. The van der Waals surface area contributed by atoms with E-state index in [0.717, 1.165) is 9.99 Å². The van der Waals surface area contributed by atoms with Crippen molar-refractivity contribution in [2.24, 2.45) is 0 Å². The van der Waals surface area contributed by atoms with Gasteiger partial charge in [0.15, 0.2) is 0 Å². The van der Waals surface area contributed by atoms with Gasteiger partial charge in [-0.2, -0.15) is 4.31 Å². The van der Waals surface area contributed by atoms with Gasteiger partial charge in [0.2, 0.25) is 15.9 Å². The minimum atomic E-state index is -4.00. The summed E-state index contributed by atoms with van der Waals surface area (Å²) in [6, 6.07) is 17.6. The number of sulfonamides is 1. The number of aryl methyl sites for hydroxylation is 1. The highest BCUT2D eigenvalue weighted by atomic mass is 35.5. The van der Waals surface area contributed by atoms with Crippen LogP contribution in [0.2, 0.25) is 5.02 Å². The van der Waals surface area contributed by atoms with Crippen molar-refractivity contribution < 1.29 is 17.6 Å². The molecule has 0 spiro atoms. The van der Waals surface area contributed by atoms with E-state index < -0.39 is 15.8 Å². The van der Waals surface area contributed by atoms with Crippen molar-refractivity contribution in [2.75, 3.05) is 37.6 Å². The fourth-order valence-corrected chi connectivity index (χ4v) is 5.80. The Bertz CT molecular complexity index is 1320. The largest absolute Gasteiger partial charge is 0.368 e. The van der Waals surface area contributed by atoms with Crippen LogP contribution in [0.15, 0.2) is 71.6 Å². The average Bonchev–Trinajstić information content (AvgIpc) is 2.87. The summed E-state index contributed by atoms with van der Waals surface area (Å²) in [5, 5.41) is 0.414. The van der Waals surface area contributed by atoms with Crippen LogP contribution in [-0.2, 0) is 21.4 Å². The number of rotatable bonds is 7. The van der Waals surface area contributed by atoms with Gasteiger partial charge < -0.3 is 9.80 Å². The predicted molar refractivity (Wildman–Crippen MR) is 140 cm³/mol. The summed E-state index contributed by atoms with van der Waals surface area (Å²) in [7, 11) is -4.00. The monoisotopic (exact) mass is 529 g/mol. The van der Waals surface area contributed by atoms with E-state index in [-0.39, 0.29) is 23.9 Å². The molecule has 0 atom stereocenters. The number of anilines is 1. The van der Waals surface area contributed by atoms with Crippen molar-refractivity contribution in [3.8, 4) is 0 Å². The van der Waals surface area contributed by atoms with Gasteiger partial charge in [0.1, 0.15) is 5.82 Å². The first-order chi connectivity index (χ1) is 17.1. The molecule has 36 heavy (non-hydrogen) atoms. The standard InChI is InChI=1S/C27H29ClFN3O3S/c1-20-4-3-5-26(21(20)2)30-14-16-31(17-15-30)27(33)19-32(18-22-6-10-24(29)11-7-22)36(34,35)25-12-8-23(28)9-13-25/h3-13H,14-19H2,1-2H3. The first-order valence-electron chi connectivity index (χ1n) is 11.7. The van der Waals surface area contributed by atoms with Gasteiger partial charge in [0, 0.05) is 43.4 Å². The molecule has 0 N–H and O–H groups in total. The Balaban J connectivity index is 1.50. The zero-order valence-corrected chi connectivity index (χ0v) is 21.9. The van der Waals surface area contributed by atoms with E-state index in [4.69, 9.17) is 11.6 Å². The molecule has 1 heterocycles. The zero-order chi connectivity index (χ0) is 25.9. The van der Waals surface area contributed by atoms with Gasteiger partial charge in [-0.3, -0.25) is 4.79 Å². The Kier molecular flexibility index (Phi) is 7.97. The summed E-state index contributed by atoms with van der Waals surface area (Å²) in [6.07, 6.45) is 0. The molecule has 190 valence electrons. The molecule has 9 heteroatoms. The van der Waals surface area contributed by atoms with E-state index in [1.54, 1.807) is 4.90 Å². The summed E-state index contributed by atoms with van der Waals surface area (Å²) < 4.78 is 41.5. The van der Waals surface area contributed by atoms with Crippen LogP contribution < -0.4 is 4.90 Å². The van der Waals surface area contributed by atoms with Gasteiger partial charge in [0.25, 0.3) is 0 Å². The lowest BCUT2D eigenvalue weighted by Gasteiger charge is -2.37. The molecule has 3 aromatic rings. The summed E-state index contributed by atoms with van der Waals surface area (Å²) in [6.45, 7) is 6.13. The summed E-state index contributed by atoms with van der Waals surface area (Å²) >= 11 is 5.94. The van der Waals surface area contributed by atoms with Gasteiger partial charge in [-0.1, -0.05) is 35.9 Å². The third kappa shape index (κ3) is 5.88. The van der Waals surface area contributed by atoms with E-state index in [1.807, 2.05) is 6.07 Å². The van der Waals surface area contributed by atoms with Crippen LogP contribution in [-0.4, -0.2) is 56.3 Å². The minimum Gasteiger partial charge on any atom is -0.368 e. The number of halogens is 2. The average molecular weight is 530 g/mol. The number of piperazine rings is 1. The topological polar surface area (TPSA) is 60.9 Å². The molecule has 1 saturated heterocycles. The highest BCUT2D eigenvalue weighted by molar-refractivity contribution is 7.89. The molecule has 3 aromatic carbocycles. The number of carbonyl (C=O) groups is 1. The Labute approximate surface area is 216 Å². The maximum Gasteiger partial charge on any atom is 0.243 e. The molecular formula is C27H29ClFN3O3S. The van der Waals surface area contributed by atoms with E-state index >= 15 is 0 Å². The van der Waals surface area contributed by atoms with Crippen LogP contribution in [0.25, 0.3) is 0 Å². The number of hydrogen-bond acceptors (Lipinski definition) is 4. The molecule has 4 rings (SSSR count). The Morgan fingerprint density at radius 2 is 1.58 bits per heavy atom. The van der Waals surface area contributed by atoms with E-state index in [1.165, 1.54) is 59.7 Å². The molecule has 1 amide bonds. The molecule has 0 unspecified atom stereocenters. The summed E-state index contributed by atoms with van der Waals surface area (Å²) in [5.41, 5.74) is 4.18. The lowest BCUT2D eigenvalue weighted by molar-refractivity contribution is -0.131. The van der Waals surface area contributed by atoms with Crippen LogP contribution in [0.3, 0.4) is 0 Å². The lowest BCUT2D eigenvalue weighted by atomic mass is 10.1. The third-order valence-electron chi connectivity index (χ3n) is 6.58. The maximum atomic E-state index is 13.5. The van der Waals surface area contributed by atoms with Crippen molar-refractivity contribution in [1.29, 1.82) is 0 Å². The number of benzene rings is 3. The van der Waals surface area contributed by atoms with Gasteiger partial charge in [0.05, 0.1) is 11.4 Å². The molecule has 6 nitrogen and oxygen atoms in total. The second-order valence-electron chi connectivity index (χ2n) is 8.94. The number of hydrogen-bond donors (Lipinski definition) is 0. The highest BCUT2D eigenvalue weighted by Crippen LogP contribution is 2.25. The van der Waals surface area contributed by atoms with Crippen LogP contribution in [0.1, 0.15) is 16.7 Å². The molecule has 1 fully saturated rings. The van der Waals surface area contributed by atoms with Gasteiger partial charge in [-0.05, 0) is 73.0 Å². The fraction of sp³-hybridized carbons (Fsp3) is 0.296. The van der Waals surface area contributed by atoms with Crippen LogP contribution in [0, 0.1) is 19.7 Å². The van der Waals surface area contributed by atoms with Crippen LogP contribution in [0.4, 0.5) is 10.1 Å². The van der Waals surface area contributed by atoms with Crippen molar-refractivity contribution in [3.63, 3.8) is 0 Å². The molecule has 0 aliphatic carbocycles. The molecule has 0 aromatic heterocycles. The first kappa shape index (κ1) is 26.1. The smallest absolute Gasteiger partial charge is 0.243 e. The summed E-state index contributed by atoms with van der Waals surface area (Å²) in [4.78, 5) is 17.3. The van der Waals surface area contributed by atoms with E-state index in [0.29, 0.717) is 36.8 Å². The van der Waals surface area contributed by atoms with Crippen molar-refractivity contribution in [2.45, 2.75) is 25.3 Å². The molecule has 0 radical (unpaired) electrons. The first-order valence-corrected chi connectivity index (χ1v) is 13.6. The number of amides is 1. The fourth-order valence-electron chi connectivity index (χ4n) is 4.30. The Hall–Kier alpha value is -2.94.